The van der Waals surface area contributed by atoms with Crippen molar-refractivity contribution in [2.24, 2.45) is 0 Å². The topological polar surface area (TPSA) is 64.0 Å². The van der Waals surface area contributed by atoms with Crippen LogP contribution in [-0.2, 0) is 19.4 Å². The standard InChI is InChI=1S/C17H25N5O/c1-7-13-14(8-2)20-21-17(19-13)22(5)10-15-12(4)16(23-6)11(3)9-18-15/h9H,7-8,10H2,1-6H3. The molecule has 0 aromatic carbocycles. The average Bonchev–Trinajstić information content (AvgIpc) is 2.57. The monoisotopic (exact) mass is 315 g/mol. The predicted octanol–water partition coefficient (Wildman–Crippen LogP) is 2.65. The van der Waals surface area contributed by atoms with E-state index in [1.54, 1.807) is 7.11 Å². The van der Waals surface area contributed by atoms with Crippen molar-refractivity contribution in [3.05, 3.63) is 34.4 Å². The summed E-state index contributed by atoms with van der Waals surface area (Å²) >= 11 is 0. The molecule has 0 saturated carbocycles. The first kappa shape index (κ1) is 17.1. The van der Waals surface area contributed by atoms with Crippen molar-refractivity contribution in [1.29, 1.82) is 0 Å². The lowest BCUT2D eigenvalue weighted by Gasteiger charge is -2.19. The minimum atomic E-state index is 0.610. The van der Waals surface area contributed by atoms with Crippen LogP contribution in [0.1, 0.15) is 42.1 Å². The van der Waals surface area contributed by atoms with Crippen LogP contribution in [0.4, 0.5) is 5.95 Å². The van der Waals surface area contributed by atoms with Crippen LogP contribution in [0.15, 0.2) is 6.20 Å². The smallest absolute Gasteiger partial charge is 0.245 e. The number of anilines is 1. The molecule has 2 rings (SSSR count). The van der Waals surface area contributed by atoms with E-state index in [0.717, 1.165) is 46.8 Å². The number of methoxy groups -OCH3 is 1. The minimum absolute atomic E-state index is 0.610. The lowest BCUT2D eigenvalue weighted by atomic mass is 10.1. The lowest BCUT2D eigenvalue weighted by Crippen LogP contribution is -2.22. The summed E-state index contributed by atoms with van der Waals surface area (Å²) in [6.07, 6.45) is 3.55. The lowest BCUT2D eigenvalue weighted by molar-refractivity contribution is 0.407. The summed E-state index contributed by atoms with van der Waals surface area (Å²) in [4.78, 5) is 11.1. The molecule has 0 amide bonds. The van der Waals surface area contributed by atoms with Gasteiger partial charge in [0.1, 0.15) is 5.75 Å². The molecule has 0 unspecified atom stereocenters. The van der Waals surface area contributed by atoms with Crippen LogP contribution >= 0.6 is 0 Å². The Bertz CT molecular complexity index is 687. The van der Waals surface area contributed by atoms with Gasteiger partial charge in [0.15, 0.2) is 0 Å². The first-order valence-corrected chi connectivity index (χ1v) is 7.94. The number of pyridine rings is 1. The SMILES string of the molecule is CCc1nnc(N(C)Cc2ncc(C)c(OC)c2C)nc1CC. The van der Waals surface area contributed by atoms with Gasteiger partial charge in [-0.25, -0.2) is 4.98 Å². The van der Waals surface area contributed by atoms with Crippen molar-refractivity contribution < 1.29 is 4.74 Å². The molecule has 0 bridgehead atoms. The van der Waals surface area contributed by atoms with Gasteiger partial charge in [-0.1, -0.05) is 13.8 Å². The van der Waals surface area contributed by atoms with Gasteiger partial charge in [-0.3, -0.25) is 4.98 Å². The zero-order valence-corrected chi connectivity index (χ0v) is 14.8. The van der Waals surface area contributed by atoms with Gasteiger partial charge >= 0.3 is 0 Å². The Hall–Kier alpha value is -2.24. The Kier molecular flexibility index (Phi) is 5.47. The van der Waals surface area contributed by atoms with E-state index >= 15 is 0 Å². The number of aryl methyl sites for hydroxylation is 3. The highest BCUT2D eigenvalue weighted by molar-refractivity contribution is 5.42. The Morgan fingerprint density at radius 3 is 2.35 bits per heavy atom. The van der Waals surface area contributed by atoms with Gasteiger partial charge in [0.25, 0.3) is 0 Å². The maximum atomic E-state index is 5.47. The average molecular weight is 315 g/mol. The molecule has 6 heteroatoms. The molecule has 0 aliphatic heterocycles. The molecule has 0 fully saturated rings. The first-order valence-electron chi connectivity index (χ1n) is 7.94. The third kappa shape index (κ3) is 3.57. The van der Waals surface area contributed by atoms with Crippen molar-refractivity contribution in [2.75, 3.05) is 19.1 Å². The Morgan fingerprint density at radius 1 is 1.04 bits per heavy atom. The summed E-state index contributed by atoms with van der Waals surface area (Å²) in [6, 6.07) is 0. The summed E-state index contributed by atoms with van der Waals surface area (Å²) in [5.41, 5.74) is 5.02. The number of nitrogens with zero attached hydrogens (tertiary/aromatic N) is 5. The van der Waals surface area contributed by atoms with Crippen molar-refractivity contribution in [3.63, 3.8) is 0 Å². The molecule has 0 saturated heterocycles. The van der Waals surface area contributed by atoms with E-state index in [-0.39, 0.29) is 0 Å². The van der Waals surface area contributed by atoms with Crippen LogP contribution in [0.3, 0.4) is 0 Å². The number of hydrogen-bond acceptors (Lipinski definition) is 6. The van der Waals surface area contributed by atoms with E-state index in [2.05, 4.69) is 34.0 Å². The highest BCUT2D eigenvalue weighted by Gasteiger charge is 2.14. The van der Waals surface area contributed by atoms with E-state index in [4.69, 9.17) is 4.74 Å². The van der Waals surface area contributed by atoms with Crippen molar-refractivity contribution >= 4 is 5.95 Å². The third-order valence-electron chi connectivity index (χ3n) is 3.98. The summed E-state index contributed by atoms with van der Waals surface area (Å²) in [7, 11) is 3.64. The van der Waals surface area contributed by atoms with Gasteiger partial charge in [0.05, 0.1) is 30.7 Å². The second-order valence-electron chi connectivity index (χ2n) is 5.61. The zero-order valence-electron chi connectivity index (χ0n) is 14.8. The molecular weight excluding hydrogens is 290 g/mol. The number of hydrogen-bond donors (Lipinski definition) is 0. The Morgan fingerprint density at radius 2 is 1.74 bits per heavy atom. The minimum Gasteiger partial charge on any atom is -0.496 e. The molecule has 0 N–H and O–H groups in total. The van der Waals surface area contributed by atoms with Gasteiger partial charge in [-0.2, -0.15) is 5.10 Å². The molecule has 6 nitrogen and oxygen atoms in total. The van der Waals surface area contributed by atoms with Gasteiger partial charge in [-0.05, 0) is 26.7 Å². The third-order valence-corrected chi connectivity index (χ3v) is 3.98. The quantitative estimate of drug-likeness (QED) is 0.816. The first-order chi connectivity index (χ1) is 11.0. The maximum Gasteiger partial charge on any atom is 0.245 e. The van der Waals surface area contributed by atoms with Crippen LogP contribution in [0.25, 0.3) is 0 Å². The van der Waals surface area contributed by atoms with Gasteiger partial charge in [0, 0.05) is 24.4 Å². The Labute approximate surface area is 137 Å². The van der Waals surface area contributed by atoms with Crippen LogP contribution in [0.2, 0.25) is 0 Å². The number of aromatic nitrogens is 4. The Balaban J connectivity index is 2.27. The molecule has 2 aromatic rings. The molecule has 2 aromatic heterocycles. The molecule has 0 radical (unpaired) electrons. The summed E-state index contributed by atoms with van der Waals surface area (Å²) < 4.78 is 5.47. The van der Waals surface area contributed by atoms with E-state index in [9.17, 15) is 0 Å². The molecular formula is C17H25N5O. The molecule has 0 atom stereocenters. The molecule has 0 spiro atoms. The van der Waals surface area contributed by atoms with Gasteiger partial charge in [0.2, 0.25) is 5.95 Å². The van der Waals surface area contributed by atoms with Crippen molar-refractivity contribution in [3.8, 4) is 5.75 Å². The van der Waals surface area contributed by atoms with Crippen LogP contribution in [0, 0.1) is 13.8 Å². The predicted molar refractivity (Wildman–Crippen MR) is 91.0 cm³/mol. The highest BCUT2D eigenvalue weighted by Crippen LogP contribution is 2.25. The second kappa shape index (κ2) is 7.35. The van der Waals surface area contributed by atoms with E-state index < -0.39 is 0 Å². The zero-order chi connectivity index (χ0) is 17.0. The fourth-order valence-corrected chi connectivity index (χ4v) is 2.62. The van der Waals surface area contributed by atoms with E-state index in [1.807, 2.05) is 32.0 Å². The summed E-state index contributed by atoms with van der Waals surface area (Å²) in [5, 5.41) is 8.55. The molecule has 2 heterocycles. The number of rotatable bonds is 6. The normalized spacial score (nSPS) is 10.7. The molecule has 0 aliphatic rings. The molecule has 124 valence electrons. The summed E-state index contributed by atoms with van der Waals surface area (Å²) in [5.74, 6) is 1.51. The molecule has 0 aliphatic carbocycles. The highest BCUT2D eigenvalue weighted by atomic mass is 16.5. The fourth-order valence-electron chi connectivity index (χ4n) is 2.62. The second-order valence-corrected chi connectivity index (χ2v) is 5.61. The van der Waals surface area contributed by atoms with E-state index in [1.165, 1.54) is 0 Å². The van der Waals surface area contributed by atoms with Crippen molar-refractivity contribution in [1.82, 2.24) is 20.2 Å². The van der Waals surface area contributed by atoms with Crippen LogP contribution < -0.4 is 9.64 Å². The largest absolute Gasteiger partial charge is 0.496 e. The van der Waals surface area contributed by atoms with Gasteiger partial charge < -0.3 is 9.64 Å². The van der Waals surface area contributed by atoms with Crippen LogP contribution in [-0.4, -0.2) is 34.3 Å². The fraction of sp³-hybridized carbons (Fsp3) is 0.529. The van der Waals surface area contributed by atoms with E-state index in [0.29, 0.717) is 12.5 Å². The van der Waals surface area contributed by atoms with Crippen molar-refractivity contribution in [2.45, 2.75) is 47.1 Å². The maximum absolute atomic E-state index is 5.47. The summed E-state index contributed by atoms with van der Waals surface area (Å²) in [6.45, 7) is 8.79. The van der Waals surface area contributed by atoms with Gasteiger partial charge in [-0.15, -0.1) is 5.10 Å². The van der Waals surface area contributed by atoms with Crippen LogP contribution in [0.5, 0.6) is 5.75 Å². The number of ether oxygens (including phenoxy) is 1. The molecule has 23 heavy (non-hydrogen) atoms.